The number of nitrogens with one attached hydrogen (secondary N) is 1. The first-order valence-electron chi connectivity index (χ1n) is 11.5. The zero-order valence-electron chi connectivity index (χ0n) is 19.9. The first-order chi connectivity index (χ1) is 17.9. The Bertz CT molecular complexity index is 1600. The molecule has 194 valence electrons. The summed E-state index contributed by atoms with van der Waals surface area (Å²) >= 11 is 6.22. The number of aromatic nitrogens is 3. The van der Waals surface area contributed by atoms with Gasteiger partial charge < -0.3 is 26.3 Å². The van der Waals surface area contributed by atoms with Gasteiger partial charge >= 0.3 is 0 Å². The van der Waals surface area contributed by atoms with Crippen LogP contribution in [0.3, 0.4) is 0 Å². The molecule has 0 spiro atoms. The molecule has 12 heteroatoms. The number of nitrogens with two attached hydrogens (primary N) is 2. The lowest BCUT2D eigenvalue weighted by atomic mass is 9.88. The number of aryl methyl sites for hydroxylation is 1. The summed E-state index contributed by atoms with van der Waals surface area (Å²) in [7, 11) is 0. The van der Waals surface area contributed by atoms with Gasteiger partial charge in [-0.15, -0.1) is 12.4 Å². The number of carbonyl (C=O) groups is 2. The Morgan fingerprint density at radius 1 is 1.08 bits per heavy atom. The van der Waals surface area contributed by atoms with Gasteiger partial charge in [-0.2, -0.15) is 5.10 Å². The molecule has 5 N–H and O–H groups in total. The standard InChI is InChI=1S/C26H21ClN6O4.ClH/c27-20-11-30-15(10-28)8-19(20)26(35)31-14-3-1-13-2-5-17-23(25(29)34)32-33(24(17)18(13)7-14)16-4-6-21-22(9-16)37-12-36-21;/h1,3-4,6-9,11H,2,5,10,12,28H2,(H2,29,34)(H,31,35);1H. The van der Waals surface area contributed by atoms with E-state index in [1.807, 2.05) is 24.3 Å². The summed E-state index contributed by atoms with van der Waals surface area (Å²) < 4.78 is 12.6. The maximum atomic E-state index is 13.0. The van der Waals surface area contributed by atoms with E-state index in [1.165, 1.54) is 6.20 Å². The molecular formula is C26H22Cl2N6O4. The average molecular weight is 553 g/mol. The van der Waals surface area contributed by atoms with E-state index in [2.05, 4.69) is 15.4 Å². The number of hydrogen-bond donors (Lipinski definition) is 3. The maximum Gasteiger partial charge on any atom is 0.269 e. The van der Waals surface area contributed by atoms with Crippen LogP contribution in [0.1, 0.15) is 37.7 Å². The molecule has 0 fully saturated rings. The predicted octanol–water partition coefficient (Wildman–Crippen LogP) is 3.65. The Morgan fingerprint density at radius 2 is 1.89 bits per heavy atom. The molecule has 38 heavy (non-hydrogen) atoms. The molecule has 4 aromatic rings. The molecule has 0 bridgehead atoms. The molecule has 10 nitrogen and oxygen atoms in total. The smallest absolute Gasteiger partial charge is 0.269 e. The number of halogens is 2. The summed E-state index contributed by atoms with van der Waals surface area (Å²) in [4.78, 5) is 29.4. The minimum Gasteiger partial charge on any atom is -0.454 e. The molecule has 3 heterocycles. The highest BCUT2D eigenvalue weighted by Gasteiger charge is 2.29. The van der Waals surface area contributed by atoms with Gasteiger partial charge in [-0.05, 0) is 48.7 Å². The number of fused-ring (bicyclic) bond motifs is 4. The van der Waals surface area contributed by atoms with E-state index in [-0.39, 0.29) is 47.9 Å². The second kappa shape index (κ2) is 9.97. The lowest BCUT2D eigenvalue weighted by molar-refractivity contribution is 0.0992. The zero-order valence-corrected chi connectivity index (χ0v) is 21.4. The number of nitrogens with zero attached hydrogens (tertiary/aromatic N) is 3. The fraction of sp³-hybridized carbons (Fsp3) is 0.154. The van der Waals surface area contributed by atoms with Gasteiger partial charge in [0.15, 0.2) is 17.2 Å². The number of anilines is 1. The van der Waals surface area contributed by atoms with Gasteiger partial charge in [0.1, 0.15) is 0 Å². The first kappa shape index (κ1) is 25.5. The molecule has 0 saturated carbocycles. The number of carbonyl (C=O) groups excluding carboxylic acids is 2. The monoisotopic (exact) mass is 552 g/mol. The fourth-order valence-corrected chi connectivity index (χ4v) is 4.87. The van der Waals surface area contributed by atoms with Crippen LogP contribution in [-0.2, 0) is 19.4 Å². The Balaban J connectivity index is 0.00000294. The maximum absolute atomic E-state index is 13.0. The van der Waals surface area contributed by atoms with Gasteiger partial charge in [-0.1, -0.05) is 17.7 Å². The Hall–Kier alpha value is -4.12. The van der Waals surface area contributed by atoms with Crippen LogP contribution in [0.15, 0.2) is 48.7 Å². The summed E-state index contributed by atoms with van der Waals surface area (Å²) in [6.07, 6.45) is 2.71. The Kier molecular flexibility index (Phi) is 6.70. The average Bonchev–Trinajstić information content (AvgIpc) is 3.53. The van der Waals surface area contributed by atoms with Gasteiger partial charge in [0.2, 0.25) is 6.79 Å². The summed E-state index contributed by atoms with van der Waals surface area (Å²) in [5, 5.41) is 7.71. The van der Waals surface area contributed by atoms with Crippen LogP contribution in [0.5, 0.6) is 11.5 Å². The SMILES string of the molecule is Cl.NCc1cc(C(=O)Nc2ccc3c(c2)-c2c(c(C(N)=O)nn2-c2ccc4c(c2)OCO4)CC3)c(Cl)cn1. The van der Waals surface area contributed by atoms with E-state index >= 15 is 0 Å². The van der Waals surface area contributed by atoms with Gasteiger partial charge in [-0.25, -0.2) is 4.68 Å². The topological polar surface area (TPSA) is 147 Å². The van der Waals surface area contributed by atoms with Crippen molar-refractivity contribution >= 4 is 41.5 Å². The molecule has 2 aromatic heterocycles. The quantitative estimate of drug-likeness (QED) is 0.342. The normalized spacial score (nSPS) is 12.8. The Morgan fingerprint density at radius 3 is 2.68 bits per heavy atom. The highest BCUT2D eigenvalue weighted by molar-refractivity contribution is 6.34. The van der Waals surface area contributed by atoms with Crippen molar-refractivity contribution in [2.75, 3.05) is 12.1 Å². The van der Waals surface area contributed by atoms with Gasteiger partial charge in [0.25, 0.3) is 11.8 Å². The first-order valence-corrected chi connectivity index (χ1v) is 11.9. The summed E-state index contributed by atoms with van der Waals surface area (Å²) in [5.41, 5.74) is 17.0. The second-order valence-electron chi connectivity index (χ2n) is 8.68. The van der Waals surface area contributed by atoms with E-state index in [1.54, 1.807) is 22.9 Å². The summed E-state index contributed by atoms with van der Waals surface area (Å²) in [6.45, 7) is 0.327. The van der Waals surface area contributed by atoms with Gasteiger partial charge in [0.05, 0.1) is 27.7 Å². The number of rotatable bonds is 5. The third-order valence-electron chi connectivity index (χ3n) is 6.45. The highest BCUT2D eigenvalue weighted by Crippen LogP contribution is 2.40. The third-order valence-corrected chi connectivity index (χ3v) is 6.75. The van der Waals surface area contributed by atoms with Crippen LogP contribution < -0.4 is 26.3 Å². The minimum absolute atomic E-state index is 0. The molecule has 2 aromatic carbocycles. The van der Waals surface area contributed by atoms with E-state index in [0.717, 1.165) is 22.4 Å². The van der Waals surface area contributed by atoms with Crippen molar-refractivity contribution in [3.05, 3.63) is 81.8 Å². The molecule has 2 aliphatic rings. The number of pyridine rings is 1. The molecule has 0 saturated heterocycles. The number of amides is 2. The molecule has 0 radical (unpaired) electrons. The molecule has 0 atom stereocenters. The van der Waals surface area contributed by atoms with Crippen molar-refractivity contribution in [3.8, 4) is 28.4 Å². The molecule has 1 aliphatic heterocycles. The lowest BCUT2D eigenvalue weighted by Gasteiger charge is -2.20. The van der Waals surface area contributed by atoms with Crippen LogP contribution >= 0.6 is 24.0 Å². The zero-order chi connectivity index (χ0) is 25.7. The van der Waals surface area contributed by atoms with Crippen molar-refractivity contribution in [2.24, 2.45) is 11.5 Å². The van der Waals surface area contributed by atoms with Crippen molar-refractivity contribution in [3.63, 3.8) is 0 Å². The lowest BCUT2D eigenvalue weighted by Crippen LogP contribution is -2.16. The van der Waals surface area contributed by atoms with E-state index in [0.29, 0.717) is 41.4 Å². The van der Waals surface area contributed by atoms with Crippen molar-refractivity contribution in [2.45, 2.75) is 19.4 Å². The van der Waals surface area contributed by atoms with Crippen molar-refractivity contribution in [1.29, 1.82) is 0 Å². The van der Waals surface area contributed by atoms with Crippen LogP contribution in [0, 0.1) is 0 Å². The van der Waals surface area contributed by atoms with E-state index in [9.17, 15) is 9.59 Å². The van der Waals surface area contributed by atoms with Gasteiger partial charge in [0, 0.05) is 35.6 Å². The van der Waals surface area contributed by atoms with Crippen LogP contribution in [0.2, 0.25) is 5.02 Å². The largest absolute Gasteiger partial charge is 0.454 e. The molecular weight excluding hydrogens is 531 g/mol. The molecule has 0 unspecified atom stereocenters. The van der Waals surface area contributed by atoms with Crippen LogP contribution in [-0.4, -0.2) is 33.4 Å². The van der Waals surface area contributed by atoms with Gasteiger partial charge in [-0.3, -0.25) is 14.6 Å². The predicted molar refractivity (Wildman–Crippen MR) is 143 cm³/mol. The summed E-state index contributed by atoms with van der Waals surface area (Å²) in [6, 6.07) is 12.7. The summed E-state index contributed by atoms with van der Waals surface area (Å²) in [5.74, 6) is 0.232. The van der Waals surface area contributed by atoms with Crippen LogP contribution in [0.25, 0.3) is 16.9 Å². The third kappa shape index (κ3) is 4.32. The minimum atomic E-state index is -0.605. The van der Waals surface area contributed by atoms with Crippen molar-refractivity contribution < 1.29 is 19.1 Å². The second-order valence-corrected chi connectivity index (χ2v) is 9.08. The molecule has 2 amide bonds. The molecule has 6 rings (SSSR count). The van der Waals surface area contributed by atoms with Crippen molar-refractivity contribution in [1.82, 2.24) is 14.8 Å². The van der Waals surface area contributed by atoms with E-state index < -0.39 is 5.91 Å². The van der Waals surface area contributed by atoms with Crippen LogP contribution in [0.4, 0.5) is 5.69 Å². The molecule has 1 aliphatic carbocycles. The highest BCUT2D eigenvalue weighted by atomic mass is 35.5. The number of primary amides is 1. The Labute approximate surface area is 228 Å². The number of hydrogen-bond acceptors (Lipinski definition) is 7. The number of benzene rings is 2. The fourth-order valence-electron chi connectivity index (χ4n) is 4.68. The number of ether oxygens (including phenoxy) is 2. The van der Waals surface area contributed by atoms with E-state index in [4.69, 9.17) is 32.5 Å².